The van der Waals surface area contributed by atoms with Gasteiger partial charge < -0.3 is 5.73 Å². The number of rotatable bonds is 4. The maximum Gasteiger partial charge on any atom is 0.243 e. The van der Waals surface area contributed by atoms with Gasteiger partial charge in [0.2, 0.25) is 10.0 Å². The quantitative estimate of drug-likeness (QED) is 0.809. The lowest BCUT2D eigenvalue weighted by Gasteiger charge is -2.16. The van der Waals surface area contributed by atoms with Gasteiger partial charge in [-0.2, -0.15) is 0 Å². The lowest BCUT2D eigenvalue weighted by molar-refractivity contribution is 0.566. The van der Waals surface area contributed by atoms with Gasteiger partial charge in [0, 0.05) is 6.04 Å². The van der Waals surface area contributed by atoms with Gasteiger partial charge in [-0.1, -0.05) is 30.3 Å². The molecular formula is C14H14BrFN2O2S. The number of anilines is 1. The molecule has 3 N–H and O–H groups in total. The molecule has 2 rings (SSSR count). The van der Waals surface area contributed by atoms with Crippen molar-refractivity contribution in [3.05, 3.63) is 58.3 Å². The molecule has 21 heavy (non-hydrogen) atoms. The summed E-state index contributed by atoms with van der Waals surface area (Å²) in [7, 11) is -3.85. The predicted octanol–water partition coefficient (Wildman–Crippen LogP) is 3.21. The van der Waals surface area contributed by atoms with E-state index in [-0.39, 0.29) is 15.1 Å². The highest BCUT2D eigenvalue weighted by Crippen LogP contribution is 2.27. The summed E-state index contributed by atoms with van der Waals surface area (Å²) in [6.07, 6.45) is 0. The lowest BCUT2D eigenvalue weighted by atomic mass is 10.1. The smallest absolute Gasteiger partial charge is 0.243 e. The molecule has 0 amide bonds. The van der Waals surface area contributed by atoms with E-state index in [9.17, 15) is 12.8 Å². The van der Waals surface area contributed by atoms with E-state index < -0.39 is 21.9 Å². The van der Waals surface area contributed by atoms with E-state index >= 15 is 0 Å². The first-order valence-electron chi connectivity index (χ1n) is 6.13. The first-order chi connectivity index (χ1) is 9.81. The minimum absolute atomic E-state index is 0.0458. The van der Waals surface area contributed by atoms with Crippen LogP contribution in [0.5, 0.6) is 0 Å². The number of nitrogen functional groups attached to an aromatic ring is 1. The maximum atomic E-state index is 13.3. The van der Waals surface area contributed by atoms with Gasteiger partial charge in [0.25, 0.3) is 0 Å². The Bertz CT molecular complexity index is 751. The average molecular weight is 373 g/mol. The largest absolute Gasteiger partial charge is 0.398 e. The molecule has 0 saturated carbocycles. The average Bonchev–Trinajstić information content (AvgIpc) is 2.43. The lowest BCUT2D eigenvalue weighted by Crippen LogP contribution is -2.27. The molecule has 0 spiro atoms. The summed E-state index contributed by atoms with van der Waals surface area (Å²) >= 11 is 2.96. The monoisotopic (exact) mass is 372 g/mol. The number of sulfonamides is 1. The highest BCUT2D eigenvalue weighted by atomic mass is 79.9. The molecule has 1 atom stereocenters. The minimum atomic E-state index is -3.85. The van der Waals surface area contributed by atoms with Crippen LogP contribution in [0.3, 0.4) is 0 Å². The fraction of sp³-hybridized carbons (Fsp3) is 0.143. The Morgan fingerprint density at radius 2 is 1.86 bits per heavy atom. The van der Waals surface area contributed by atoms with Crippen LogP contribution in [0.25, 0.3) is 0 Å². The number of hydrogen-bond acceptors (Lipinski definition) is 3. The standard InChI is InChI=1S/C14H14BrFN2O2S/c1-9(10-5-3-2-4-6-10)18-21(19,20)14-7-11(15)12(16)8-13(14)17/h2-9,18H,17H2,1H3/t9-/m1/s1. The van der Waals surface area contributed by atoms with Crippen molar-refractivity contribution in [3.8, 4) is 0 Å². The molecule has 0 saturated heterocycles. The SMILES string of the molecule is C[C@@H](NS(=O)(=O)c1cc(Br)c(F)cc1N)c1ccccc1. The van der Waals surface area contributed by atoms with E-state index in [4.69, 9.17) is 5.73 Å². The van der Waals surface area contributed by atoms with Gasteiger partial charge in [0.15, 0.2) is 0 Å². The van der Waals surface area contributed by atoms with Crippen LogP contribution in [0.1, 0.15) is 18.5 Å². The Hall–Kier alpha value is -1.44. The van der Waals surface area contributed by atoms with Gasteiger partial charge in [0.1, 0.15) is 10.7 Å². The summed E-state index contributed by atoms with van der Waals surface area (Å²) in [6.45, 7) is 1.72. The van der Waals surface area contributed by atoms with Crippen LogP contribution in [-0.4, -0.2) is 8.42 Å². The molecular weight excluding hydrogens is 359 g/mol. The molecule has 2 aromatic carbocycles. The van der Waals surface area contributed by atoms with Crippen molar-refractivity contribution in [2.45, 2.75) is 17.9 Å². The Kier molecular flexibility index (Phi) is 4.65. The molecule has 0 bridgehead atoms. The Balaban J connectivity index is 2.33. The number of hydrogen-bond donors (Lipinski definition) is 2. The highest BCUT2D eigenvalue weighted by Gasteiger charge is 2.22. The van der Waals surface area contributed by atoms with Crippen molar-refractivity contribution in [3.63, 3.8) is 0 Å². The zero-order chi connectivity index (χ0) is 15.6. The van der Waals surface area contributed by atoms with Gasteiger partial charge in [0.05, 0.1) is 10.2 Å². The second kappa shape index (κ2) is 6.13. The van der Waals surface area contributed by atoms with E-state index in [1.165, 1.54) is 0 Å². The van der Waals surface area contributed by atoms with Gasteiger partial charge >= 0.3 is 0 Å². The summed E-state index contributed by atoms with van der Waals surface area (Å²) in [6, 6.07) is 10.8. The van der Waals surface area contributed by atoms with Crippen molar-refractivity contribution >= 4 is 31.6 Å². The molecule has 0 unspecified atom stereocenters. The van der Waals surface area contributed by atoms with E-state index in [0.29, 0.717) is 0 Å². The molecule has 0 aromatic heterocycles. The van der Waals surface area contributed by atoms with Gasteiger partial charge in [-0.25, -0.2) is 17.5 Å². The molecule has 7 heteroatoms. The van der Waals surface area contributed by atoms with Crippen LogP contribution < -0.4 is 10.5 Å². The number of nitrogens with one attached hydrogen (secondary N) is 1. The molecule has 0 aliphatic heterocycles. The fourth-order valence-corrected chi connectivity index (χ4v) is 3.75. The van der Waals surface area contributed by atoms with E-state index in [0.717, 1.165) is 17.7 Å². The second-order valence-corrected chi connectivity index (χ2v) is 7.09. The number of nitrogens with two attached hydrogens (primary N) is 1. The molecule has 0 fully saturated rings. The maximum absolute atomic E-state index is 13.3. The van der Waals surface area contributed by atoms with Crippen molar-refractivity contribution in [1.82, 2.24) is 4.72 Å². The molecule has 4 nitrogen and oxygen atoms in total. The van der Waals surface area contributed by atoms with Gasteiger partial charge in [-0.05, 0) is 40.5 Å². The second-order valence-electron chi connectivity index (χ2n) is 4.56. The number of halogens is 2. The molecule has 0 radical (unpaired) electrons. The van der Waals surface area contributed by atoms with Crippen LogP contribution in [0.4, 0.5) is 10.1 Å². The summed E-state index contributed by atoms with van der Waals surface area (Å²) in [5.41, 5.74) is 6.30. The molecule has 0 heterocycles. The van der Waals surface area contributed by atoms with Crippen LogP contribution >= 0.6 is 15.9 Å². The van der Waals surface area contributed by atoms with Crippen LogP contribution in [0.2, 0.25) is 0 Å². The van der Waals surface area contributed by atoms with Crippen LogP contribution in [-0.2, 0) is 10.0 Å². The Labute approximate surface area is 131 Å². The van der Waals surface area contributed by atoms with E-state index in [2.05, 4.69) is 20.7 Å². The third-order valence-electron chi connectivity index (χ3n) is 2.97. The van der Waals surface area contributed by atoms with Crippen molar-refractivity contribution in [2.75, 3.05) is 5.73 Å². The topological polar surface area (TPSA) is 72.2 Å². The molecule has 0 aliphatic carbocycles. The van der Waals surface area contributed by atoms with Crippen LogP contribution in [0.15, 0.2) is 51.8 Å². The number of benzene rings is 2. The van der Waals surface area contributed by atoms with Crippen molar-refractivity contribution < 1.29 is 12.8 Å². The highest BCUT2D eigenvalue weighted by molar-refractivity contribution is 9.10. The fourth-order valence-electron chi connectivity index (χ4n) is 1.88. The van der Waals surface area contributed by atoms with E-state index in [1.54, 1.807) is 6.92 Å². The first kappa shape index (κ1) is 15.9. The summed E-state index contributed by atoms with van der Waals surface area (Å²) < 4.78 is 40.6. The van der Waals surface area contributed by atoms with E-state index in [1.807, 2.05) is 30.3 Å². The summed E-state index contributed by atoms with van der Waals surface area (Å²) in [4.78, 5) is -0.154. The predicted molar refractivity (Wildman–Crippen MR) is 83.7 cm³/mol. The minimum Gasteiger partial charge on any atom is -0.398 e. The Morgan fingerprint density at radius 1 is 1.24 bits per heavy atom. The normalized spacial score (nSPS) is 13.1. The first-order valence-corrected chi connectivity index (χ1v) is 8.40. The third-order valence-corrected chi connectivity index (χ3v) is 5.18. The van der Waals surface area contributed by atoms with Gasteiger partial charge in [-0.15, -0.1) is 0 Å². The van der Waals surface area contributed by atoms with Crippen molar-refractivity contribution in [1.29, 1.82) is 0 Å². The molecule has 0 aliphatic rings. The zero-order valence-corrected chi connectivity index (χ0v) is 13.6. The van der Waals surface area contributed by atoms with Gasteiger partial charge in [-0.3, -0.25) is 0 Å². The summed E-state index contributed by atoms with van der Waals surface area (Å²) in [5.74, 6) is -0.609. The Morgan fingerprint density at radius 3 is 2.48 bits per heavy atom. The molecule has 2 aromatic rings. The van der Waals surface area contributed by atoms with Crippen molar-refractivity contribution in [2.24, 2.45) is 0 Å². The summed E-state index contributed by atoms with van der Waals surface area (Å²) in [5, 5.41) is 0. The van der Waals surface area contributed by atoms with Crippen LogP contribution in [0, 0.1) is 5.82 Å². The molecule has 112 valence electrons. The zero-order valence-electron chi connectivity index (χ0n) is 11.2. The third kappa shape index (κ3) is 3.61.